The Kier molecular flexibility index (Phi) is 8.45. The van der Waals surface area contributed by atoms with Gasteiger partial charge in [-0.3, -0.25) is 30.1 Å². The van der Waals surface area contributed by atoms with Gasteiger partial charge in [0.25, 0.3) is 11.8 Å². The zero-order valence-corrected chi connectivity index (χ0v) is 19.1. The Morgan fingerprint density at radius 1 is 1.12 bits per heavy atom. The molecule has 3 amide bonds. The van der Waals surface area contributed by atoms with Crippen molar-refractivity contribution in [3.8, 4) is 11.5 Å². The quantitative estimate of drug-likeness (QED) is 0.522. The summed E-state index contributed by atoms with van der Waals surface area (Å²) in [5.74, 6) is 0.0238. The van der Waals surface area contributed by atoms with Crippen molar-refractivity contribution in [2.24, 2.45) is 5.92 Å². The largest absolute Gasteiger partial charge is 0.493 e. The summed E-state index contributed by atoms with van der Waals surface area (Å²) in [7, 11) is 2.97. The summed E-state index contributed by atoms with van der Waals surface area (Å²) in [6, 6.07) is 7.97. The van der Waals surface area contributed by atoms with Crippen molar-refractivity contribution in [3.05, 3.63) is 47.1 Å². The van der Waals surface area contributed by atoms with E-state index in [-0.39, 0.29) is 24.3 Å². The van der Waals surface area contributed by atoms with E-state index in [2.05, 4.69) is 21.2 Å². The number of likely N-dealkylation sites (tertiary alicyclic amines) is 1. The zero-order valence-electron chi connectivity index (χ0n) is 18.4. The van der Waals surface area contributed by atoms with Gasteiger partial charge in [0.15, 0.2) is 11.5 Å². The molecule has 1 aromatic carbocycles. The van der Waals surface area contributed by atoms with E-state index in [1.54, 1.807) is 24.3 Å². The Morgan fingerprint density at radius 3 is 2.61 bits per heavy atom. The van der Waals surface area contributed by atoms with Crippen molar-refractivity contribution in [2.45, 2.75) is 12.8 Å². The van der Waals surface area contributed by atoms with Crippen LogP contribution in [0.25, 0.3) is 0 Å². The predicted octanol–water partition coefficient (Wildman–Crippen LogP) is 1.86. The monoisotopic (exact) mass is 475 g/mol. The van der Waals surface area contributed by atoms with Crippen molar-refractivity contribution in [2.75, 3.05) is 39.2 Å². The highest BCUT2D eigenvalue weighted by molar-refractivity contribution is 6.30. The molecule has 0 aliphatic carbocycles. The number of carbonyl (C=O) groups excluding carboxylic acids is 3. The van der Waals surface area contributed by atoms with Gasteiger partial charge in [-0.05, 0) is 49.7 Å². The molecule has 3 rings (SSSR count). The molecule has 1 aromatic heterocycles. The molecule has 33 heavy (non-hydrogen) atoms. The number of anilines is 1. The van der Waals surface area contributed by atoms with Gasteiger partial charge in [-0.1, -0.05) is 11.6 Å². The molecule has 1 atom stereocenters. The van der Waals surface area contributed by atoms with Crippen LogP contribution in [0.15, 0.2) is 36.5 Å². The summed E-state index contributed by atoms with van der Waals surface area (Å²) in [4.78, 5) is 43.2. The molecule has 1 unspecified atom stereocenters. The van der Waals surface area contributed by atoms with E-state index >= 15 is 0 Å². The van der Waals surface area contributed by atoms with Crippen molar-refractivity contribution in [3.63, 3.8) is 0 Å². The van der Waals surface area contributed by atoms with E-state index in [0.29, 0.717) is 47.4 Å². The molecule has 0 radical (unpaired) electrons. The smallest absolute Gasteiger partial charge is 0.269 e. The normalized spacial score (nSPS) is 15.9. The minimum Gasteiger partial charge on any atom is -0.493 e. The fraction of sp³-hybridized carbons (Fsp3) is 0.364. The number of carbonyl (C=O) groups is 3. The number of benzene rings is 1. The number of hydrogen-bond acceptors (Lipinski definition) is 7. The Labute approximate surface area is 196 Å². The first-order chi connectivity index (χ1) is 15.9. The zero-order chi connectivity index (χ0) is 23.8. The first-order valence-corrected chi connectivity index (χ1v) is 10.7. The van der Waals surface area contributed by atoms with Crippen molar-refractivity contribution < 1.29 is 23.9 Å². The van der Waals surface area contributed by atoms with Crippen LogP contribution in [0, 0.1) is 5.92 Å². The van der Waals surface area contributed by atoms with Crippen LogP contribution in [-0.4, -0.2) is 61.5 Å². The van der Waals surface area contributed by atoms with E-state index in [4.69, 9.17) is 21.1 Å². The lowest BCUT2D eigenvalue weighted by Gasteiger charge is -2.31. The number of rotatable bonds is 7. The van der Waals surface area contributed by atoms with Crippen LogP contribution in [0.4, 0.5) is 5.82 Å². The number of aromatic nitrogens is 1. The fourth-order valence-electron chi connectivity index (χ4n) is 3.51. The number of hydrogen-bond donors (Lipinski definition) is 3. The fourth-order valence-corrected chi connectivity index (χ4v) is 3.62. The van der Waals surface area contributed by atoms with E-state index in [1.807, 2.05) is 4.90 Å². The first-order valence-electron chi connectivity index (χ1n) is 10.4. The van der Waals surface area contributed by atoms with Crippen LogP contribution in [0.1, 0.15) is 23.2 Å². The maximum absolute atomic E-state index is 12.6. The molecule has 2 heterocycles. The number of methoxy groups -OCH3 is 2. The average molecular weight is 476 g/mol. The molecule has 0 spiro atoms. The first kappa shape index (κ1) is 24.3. The minimum absolute atomic E-state index is 0.0508. The number of ether oxygens (including phenoxy) is 2. The van der Waals surface area contributed by atoms with Gasteiger partial charge >= 0.3 is 0 Å². The summed E-state index contributed by atoms with van der Waals surface area (Å²) in [6.07, 6.45) is 2.95. The maximum atomic E-state index is 12.6. The molecule has 1 fully saturated rings. The van der Waals surface area contributed by atoms with Gasteiger partial charge in [0.2, 0.25) is 5.91 Å². The Bertz CT molecular complexity index is 1000. The topological polar surface area (TPSA) is 122 Å². The number of hydrazine groups is 1. The molecule has 3 N–H and O–H groups in total. The van der Waals surface area contributed by atoms with Gasteiger partial charge in [0, 0.05) is 18.3 Å². The summed E-state index contributed by atoms with van der Waals surface area (Å²) in [5, 5.41) is 3.26. The molecule has 0 bridgehead atoms. The van der Waals surface area contributed by atoms with Crippen LogP contribution in [0.5, 0.6) is 11.5 Å². The summed E-state index contributed by atoms with van der Waals surface area (Å²) < 4.78 is 10.3. The molecular formula is C22H26ClN5O5. The summed E-state index contributed by atoms with van der Waals surface area (Å²) >= 11 is 5.81. The second kappa shape index (κ2) is 11.5. The number of pyridine rings is 1. The number of piperidine rings is 1. The third-order valence-electron chi connectivity index (χ3n) is 5.18. The van der Waals surface area contributed by atoms with E-state index in [0.717, 1.165) is 6.42 Å². The molecule has 176 valence electrons. The number of halogens is 1. The summed E-state index contributed by atoms with van der Waals surface area (Å²) in [6.45, 7) is 1.16. The van der Waals surface area contributed by atoms with Gasteiger partial charge in [0.1, 0.15) is 5.82 Å². The third kappa shape index (κ3) is 6.80. The molecule has 1 aliphatic rings. The highest BCUT2D eigenvalue weighted by atomic mass is 35.5. The van der Waals surface area contributed by atoms with Gasteiger partial charge < -0.3 is 14.8 Å². The van der Waals surface area contributed by atoms with Gasteiger partial charge in [0.05, 0.1) is 31.7 Å². The van der Waals surface area contributed by atoms with Crippen LogP contribution in [0.3, 0.4) is 0 Å². The molecule has 1 saturated heterocycles. The maximum Gasteiger partial charge on any atom is 0.269 e. The number of amides is 3. The molecule has 0 saturated carbocycles. The van der Waals surface area contributed by atoms with Crippen molar-refractivity contribution >= 4 is 35.1 Å². The number of nitrogens with zero attached hydrogens (tertiary/aromatic N) is 2. The lowest BCUT2D eigenvalue weighted by atomic mass is 9.97. The Hall–Kier alpha value is -3.37. The molecule has 1 aliphatic heterocycles. The Morgan fingerprint density at radius 2 is 1.91 bits per heavy atom. The van der Waals surface area contributed by atoms with E-state index < -0.39 is 5.91 Å². The van der Waals surface area contributed by atoms with Gasteiger partial charge in [-0.2, -0.15) is 0 Å². The lowest BCUT2D eigenvalue weighted by Crippen LogP contribution is -2.49. The second-order valence-electron chi connectivity index (χ2n) is 7.50. The van der Waals surface area contributed by atoms with Crippen LogP contribution >= 0.6 is 11.6 Å². The van der Waals surface area contributed by atoms with Gasteiger partial charge in [-0.15, -0.1) is 0 Å². The van der Waals surface area contributed by atoms with Crippen molar-refractivity contribution in [1.82, 2.24) is 20.7 Å². The Balaban J connectivity index is 1.47. The number of nitrogens with one attached hydrogen (secondary N) is 3. The lowest BCUT2D eigenvalue weighted by molar-refractivity contribution is -0.126. The minimum atomic E-state index is -0.490. The highest BCUT2D eigenvalue weighted by Crippen LogP contribution is 2.27. The highest BCUT2D eigenvalue weighted by Gasteiger charge is 2.27. The van der Waals surface area contributed by atoms with Crippen LogP contribution in [0.2, 0.25) is 5.02 Å². The molecule has 2 aromatic rings. The molecule has 10 nitrogen and oxygen atoms in total. The molecular weight excluding hydrogens is 450 g/mol. The summed E-state index contributed by atoms with van der Waals surface area (Å²) in [5.41, 5.74) is 5.10. The predicted molar refractivity (Wildman–Crippen MR) is 122 cm³/mol. The van der Waals surface area contributed by atoms with Crippen molar-refractivity contribution in [1.29, 1.82) is 0 Å². The van der Waals surface area contributed by atoms with E-state index in [1.165, 1.54) is 26.5 Å². The SMILES string of the molecule is COc1ccc(C(=O)NNC(=O)CN2CCCC(C(=O)Nc3ccc(Cl)cn3)C2)cc1OC. The van der Waals surface area contributed by atoms with Gasteiger partial charge in [-0.25, -0.2) is 4.98 Å². The standard InChI is InChI=1S/C22H26ClN5O5/c1-32-17-7-5-14(10-18(17)33-2)22(31)27-26-20(29)13-28-9-3-4-15(12-28)21(30)25-19-8-6-16(23)11-24-19/h5-8,10-11,15H,3-4,9,12-13H2,1-2H3,(H,26,29)(H,27,31)(H,24,25,30). The average Bonchev–Trinajstić information content (AvgIpc) is 2.83. The van der Waals surface area contributed by atoms with Crippen LogP contribution in [-0.2, 0) is 9.59 Å². The second-order valence-corrected chi connectivity index (χ2v) is 7.93. The molecule has 11 heteroatoms. The third-order valence-corrected chi connectivity index (χ3v) is 5.41. The van der Waals surface area contributed by atoms with E-state index in [9.17, 15) is 14.4 Å². The van der Waals surface area contributed by atoms with Crippen LogP contribution < -0.4 is 25.6 Å².